The van der Waals surface area contributed by atoms with E-state index in [4.69, 9.17) is 5.73 Å². The molecule has 1 amide bonds. The second kappa shape index (κ2) is 5.17. The van der Waals surface area contributed by atoms with Crippen molar-refractivity contribution >= 4 is 33.0 Å². The van der Waals surface area contributed by atoms with Crippen LogP contribution in [0.4, 0.5) is 10.1 Å². The molecule has 0 atom stereocenters. The smallest absolute Gasteiger partial charge is 0.263 e. The number of nitrogen functional groups attached to an aromatic ring is 1. The molecule has 0 unspecified atom stereocenters. The van der Waals surface area contributed by atoms with E-state index in [0.29, 0.717) is 22.5 Å². The molecule has 0 saturated heterocycles. The summed E-state index contributed by atoms with van der Waals surface area (Å²) in [6.07, 6.45) is 3.51. The summed E-state index contributed by atoms with van der Waals surface area (Å²) in [5, 5.41) is 7.40. The summed E-state index contributed by atoms with van der Waals surface area (Å²) in [6, 6.07) is 4.33. The number of hydrogen-bond donors (Lipinski definition) is 2. The lowest BCUT2D eigenvalue weighted by atomic mass is 10.2. The van der Waals surface area contributed by atoms with Crippen LogP contribution in [0.15, 0.2) is 30.6 Å². The van der Waals surface area contributed by atoms with Gasteiger partial charge in [-0.15, -0.1) is 11.3 Å². The molecule has 5 nitrogen and oxygen atoms in total. The molecule has 0 aliphatic heterocycles. The van der Waals surface area contributed by atoms with E-state index in [1.165, 1.54) is 23.5 Å². The molecule has 3 N–H and O–H groups in total. The summed E-state index contributed by atoms with van der Waals surface area (Å²) in [5.41, 5.74) is 7.17. The maximum absolute atomic E-state index is 13.2. The fourth-order valence-corrected chi connectivity index (χ4v) is 3.10. The molecular formula is C14H13FN4OS. The minimum Gasteiger partial charge on any atom is -0.397 e. The number of rotatable bonds is 3. The number of fused-ring (bicyclic) bond motifs is 1. The number of hydrogen-bond acceptors (Lipinski definition) is 4. The molecule has 21 heavy (non-hydrogen) atoms. The van der Waals surface area contributed by atoms with E-state index in [-0.39, 0.29) is 11.7 Å². The summed E-state index contributed by atoms with van der Waals surface area (Å²) < 4.78 is 15.7. The first-order valence-corrected chi connectivity index (χ1v) is 7.09. The van der Waals surface area contributed by atoms with Crippen LogP contribution >= 0.6 is 11.3 Å². The predicted octanol–water partition coefficient (Wildman–Crippen LogP) is 2.29. The molecule has 0 spiro atoms. The Morgan fingerprint density at radius 1 is 1.52 bits per heavy atom. The maximum atomic E-state index is 13.2. The van der Waals surface area contributed by atoms with Crippen molar-refractivity contribution in [3.8, 4) is 0 Å². The SMILES string of the molecule is Cn1cc(CNC(=O)c2sc3ccc(F)cc3c2N)cn1. The molecule has 3 rings (SSSR count). The number of benzene rings is 1. The number of halogens is 1. The summed E-state index contributed by atoms with van der Waals surface area (Å²) in [7, 11) is 1.81. The van der Waals surface area contributed by atoms with Gasteiger partial charge in [-0.3, -0.25) is 9.48 Å². The van der Waals surface area contributed by atoms with Crippen LogP contribution in [0, 0.1) is 5.82 Å². The molecule has 2 aromatic heterocycles. The highest BCUT2D eigenvalue weighted by atomic mass is 32.1. The lowest BCUT2D eigenvalue weighted by Gasteiger charge is -2.02. The van der Waals surface area contributed by atoms with Crippen LogP contribution in [0.3, 0.4) is 0 Å². The molecular weight excluding hydrogens is 291 g/mol. The molecule has 0 bridgehead atoms. The quantitative estimate of drug-likeness (QED) is 0.779. The average Bonchev–Trinajstić information content (AvgIpc) is 3.01. The minimum absolute atomic E-state index is 0.266. The van der Waals surface area contributed by atoms with Gasteiger partial charge in [-0.25, -0.2) is 4.39 Å². The van der Waals surface area contributed by atoms with Crippen molar-refractivity contribution in [2.24, 2.45) is 7.05 Å². The highest BCUT2D eigenvalue weighted by molar-refractivity contribution is 7.21. The number of nitrogens with one attached hydrogen (secondary N) is 1. The number of anilines is 1. The van der Waals surface area contributed by atoms with Crippen LogP contribution in [0.25, 0.3) is 10.1 Å². The van der Waals surface area contributed by atoms with Crippen molar-refractivity contribution in [1.82, 2.24) is 15.1 Å². The Kier molecular flexibility index (Phi) is 3.34. The first-order valence-electron chi connectivity index (χ1n) is 6.28. The zero-order chi connectivity index (χ0) is 15.0. The van der Waals surface area contributed by atoms with Crippen LogP contribution in [-0.2, 0) is 13.6 Å². The topological polar surface area (TPSA) is 72.9 Å². The van der Waals surface area contributed by atoms with Gasteiger partial charge in [0, 0.05) is 35.4 Å². The molecule has 0 aliphatic carbocycles. The van der Waals surface area contributed by atoms with E-state index in [9.17, 15) is 9.18 Å². The maximum Gasteiger partial charge on any atom is 0.263 e. The number of aromatic nitrogens is 2. The Hall–Kier alpha value is -2.41. The number of amides is 1. The third-order valence-corrected chi connectivity index (χ3v) is 4.29. The fraction of sp³-hybridized carbons (Fsp3) is 0.143. The van der Waals surface area contributed by atoms with Gasteiger partial charge >= 0.3 is 0 Å². The van der Waals surface area contributed by atoms with Crippen molar-refractivity contribution in [3.63, 3.8) is 0 Å². The summed E-state index contributed by atoms with van der Waals surface area (Å²) in [5.74, 6) is -0.632. The molecule has 7 heteroatoms. The highest BCUT2D eigenvalue weighted by Gasteiger charge is 2.16. The Labute approximate surface area is 124 Å². The van der Waals surface area contributed by atoms with E-state index in [1.54, 1.807) is 16.9 Å². The van der Waals surface area contributed by atoms with Gasteiger partial charge in [-0.2, -0.15) is 5.10 Å². The summed E-state index contributed by atoms with van der Waals surface area (Å²) in [4.78, 5) is 12.6. The van der Waals surface area contributed by atoms with Gasteiger partial charge in [-0.05, 0) is 18.2 Å². The van der Waals surface area contributed by atoms with E-state index in [1.807, 2.05) is 13.2 Å². The zero-order valence-electron chi connectivity index (χ0n) is 11.3. The second-order valence-corrected chi connectivity index (χ2v) is 5.74. The van der Waals surface area contributed by atoms with E-state index in [2.05, 4.69) is 10.4 Å². The summed E-state index contributed by atoms with van der Waals surface area (Å²) >= 11 is 1.26. The van der Waals surface area contributed by atoms with Crippen LogP contribution < -0.4 is 11.1 Å². The molecule has 0 aliphatic rings. The molecule has 108 valence electrons. The number of carbonyl (C=O) groups excluding carboxylic acids is 1. The molecule has 3 aromatic rings. The van der Waals surface area contributed by atoms with E-state index in [0.717, 1.165) is 10.3 Å². The largest absolute Gasteiger partial charge is 0.397 e. The minimum atomic E-state index is -0.366. The Balaban J connectivity index is 1.82. The molecule has 2 heterocycles. The van der Waals surface area contributed by atoms with Gasteiger partial charge in [0.2, 0.25) is 0 Å². The number of thiophene rings is 1. The monoisotopic (exact) mass is 304 g/mol. The fourth-order valence-electron chi connectivity index (χ4n) is 2.08. The Morgan fingerprint density at radius 2 is 2.33 bits per heavy atom. The standard InChI is InChI=1S/C14H13FN4OS/c1-19-7-8(6-18-19)5-17-14(20)13-12(16)10-4-9(15)2-3-11(10)21-13/h2-4,6-7H,5,16H2,1H3,(H,17,20). The van der Waals surface area contributed by atoms with Gasteiger partial charge in [0.25, 0.3) is 5.91 Å². The van der Waals surface area contributed by atoms with Gasteiger partial charge in [0.05, 0.1) is 11.9 Å². The molecule has 0 radical (unpaired) electrons. The number of carbonyl (C=O) groups is 1. The van der Waals surface area contributed by atoms with E-state index < -0.39 is 0 Å². The number of aryl methyl sites for hydroxylation is 1. The van der Waals surface area contributed by atoms with Gasteiger partial charge in [0.1, 0.15) is 10.7 Å². The third kappa shape index (κ3) is 2.59. The lowest BCUT2D eigenvalue weighted by Crippen LogP contribution is -2.22. The first-order chi connectivity index (χ1) is 10.0. The molecule has 1 aromatic carbocycles. The van der Waals surface area contributed by atoms with Gasteiger partial charge in [0.15, 0.2) is 0 Å². The van der Waals surface area contributed by atoms with Crippen molar-refractivity contribution < 1.29 is 9.18 Å². The second-order valence-electron chi connectivity index (χ2n) is 4.69. The van der Waals surface area contributed by atoms with Crippen LogP contribution in [-0.4, -0.2) is 15.7 Å². The third-order valence-electron chi connectivity index (χ3n) is 3.11. The van der Waals surface area contributed by atoms with Crippen molar-refractivity contribution in [1.29, 1.82) is 0 Å². The highest BCUT2D eigenvalue weighted by Crippen LogP contribution is 2.33. The Morgan fingerprint density at radius 3 is 3.05 bits per heavy atom. The van der Waals surface area contributed by atoms with E-state index >= 15 is 0 Å². The zero-order valence-corrected chi connectivity index (χ0v) is 12.1. The average molecular weight is 304 g/mol. The Bertz CT molecular complexity index is 824. The molecule has 0 saturated carbocycles. The number of nitrogens with zero attached hydrogens (tertiary/aromatic N) is 2. The first kappa shape index (κ1) is 13.6. The molecule has 0 fully saturated rings. The van der Waals surface area contributed by atoms with Crippen molar-refractivity contribution in [3.05, 3.63) is 46.9 Å². The van der Waals surface area contributed by atoms with Crippen LogP contribution in [0.1, 0.15) is 15.2 Å². The lowest BCUT2D eigenvalue weighted by molar-refractivity contribution is 0.0956. The van der Waals surface area contributed by atoms with Gasteiger partial charge < -0.3 is 11.1 Å². The predicted molar refractivity (Wildman–Crippen MR) is 80.6 cm³/mol. The number of nitrogens with two attached hydrogens (primary N) is 1. The normalized spacial score (nSPS) is 11.0. The van der Waals surface area contributed by atoms with Crippen LogP contribution in [0.2, 0.25) is 0 Å². The summed E-state index contributed by atoms with van der Waals surface area (Å²) in [6.45, 7) is 0.370. The van der Waals surface area contributed by atoms with Crippen LogP contribution in [0.5, 0.6) is 0 Å². The van der Waals surface area contributed by atoms with Gasteiger partial charge in [-0.1, -0.05) is 0 Å². The van der Waals surface area contributed by atoms with Crippen molar-refractivity contribution in [2.75, 3.05) is 5.73 Å². The van der Waals surface area contributed by atoms with Crippen molar-refractivity contribution in [2.45, 2.75) is 6.54 Å².